The molecule has 2 amide bonds. The van der Waals surface area contributed by atoms with Gasteiger partial charge in [0.25, 0.3) is 0 Å². The molecule has 1 aliphatic rings. The average Bonchev–Trinajstić information content (AvgIpc) is 2.90. The third kappa shape index (κ3) is 3.36. The number of nitrogens with zero attached hydrogens (tertiary/aromatic N) is 1. The number of amides is 2. The number of carbonyl (C=O) groups is 2. The van der Waals surface area contributed by atoms with E-state index in [4.69, 9.17) is 5.73 Å². The Morgan fingerprint density at radius 2 is 2.00 bits per heavy atom. The highest BCUT2D eigenvalue weighted by atomic mass is 16.2. The topological polar surface area (TPSA) is 75.4 Å². The molecule has 1 aromatic rings. The minimum Gasteiger partial charge on any atom is -0.347 e. The van der Waals surface area contributed by atoms with Crippen molar-refractivity contribution in [3.05, 3.63) is 35.9 Å². The Balaban J connectivity index is 2.02. The predicted molar refractivity (Wildman–Crippen MR) is 77.0 cm³/mol. The van der Waals surface area contributed by atoms with Gasteiger partial charge in [0.2, 0.25) is 11.8 Å². The van der Waals surface area contributed by atoms with Crippen LogP contribution >= 0.6 is 0 Å². The smallest absolute Gasteiger partial charge is 0.241 e. The van der Waals surface area contributed by atoms with Gasteiger partial charge in [-0.3, -0.25) is 9.59 Å². The molecule has 0 spiro atoms. The van der Waals surface area contributed by atoms with Crippen LogP contribution in [0, 0.1) is 5.92 Å². The Labute approximate surface area is 119 Å². The fourth-order valence-corrected chi connectivity index (χ4v) is 2.70. The molecule has 1 aliphatic heterocycles. The summed E-state index contributed by atoms with van der Waals surface area (Å²) in [7, 11) is 0. The van der Waals surface area contributed by atoms with Gasteiger partial charge in [-0.25, -0.2) is 0 Å². The molecule has 0 bridgehead atoms. The maximum atomic E-state index is 12.1. The summed E-state index contributed by atoms with van der Waals surface area (Å²) >= 11 is 0. The van der Waals surface area contributed by atoms with E-state index in [0.717, 1.165) is 0 Å². The summed E-state index contributed by atoms with van der Waals surface area (Å²) < 4.78 is 0. The van der Waals surface area contributed by atoms with E-state index >= 15 is 0 Å². The standard InChI is InChI=1S/C15H21N3O2/c1-11(19)17-8-15(20)18-9-13(7-16)14(10-18)12-5-3-2-4-6-12/h2-6,13-14H,7-10,16H2,1H3,(H,17,19)/t13-,14+/m1/s1. The summed E-state index contributed by atoms with van der Waals surface area (Å²) in [5.74, 6) is 0.325. The van der Waals surface area contributed by atoms with Crippen molar-refractivity contribution in [2.45, 2.75) is 12.8 Å². The van der Waals surface area contributed by atoms with Crippen molar-refractivity contribution in [2.24, 2.45) is 11.7 Å². The van der Waals surface area contributed by atoms with Crippen LogP contribution in [0.5, 0.6) is 0 Å². The molecule has 5 nitrogen and oxygen atoms in total. The van der Waals surface area contributed by atoms with Gasteiger partial charge >= 0.3 is 0 Å². The Bertz CT molecular complexity index is 475. The second kappa shape index (κ2) is 6.52. The quantitative estimate of drug-likeness (QED) is 0.831. The number of hydrogen-bond donors (Lipinski definition) is 2. The average molecular weight is 275 g/mol. The molecule has 2 rings (SSSR count). The minimum atomic E-state index is -0.187. The number of hydrogen-bond acceptors (Lipinski definition) is 3. The van der Waals surface area contributed by atoms with Gasteiger partial charge in [-0.2, -0.15) is 0 Å². The van der Waals surface area contributed by atoms with E-state index in [1.54, 1.807) is 4.90 Å². The normalized spacial score (nSPS) is 21.8. The maximum Gasteiger partial charge on any atom is 0.241 e. The third-order valence-corrected chi connectivity index (χ3v) is 3.81. The van der Waals surface area contributed by atoms with E-state index in [2.05, 4.69) is 17.4 Å². The first-order valence-corrected chi connectivity index (χ1v) is 6.89. The van der Waals surface area contributed by atoms with Gasteiger partial charge in [-0.1, -0.05) is 30.3 Å². The summed E-state index contributed by atoms with van der Waals surface area (Å²) in [6.45, 7) is 3.36. The molecule has 0 unspecified atom stereocenters. The van der Waals surface area contributed by atoms with Crippen molar-refractivity contribution < 1.29 is 9.59 Å². The Morgan fingerprint density at radius 1 is 1.30 bits per heavy atom. The summed E-state index contributed by atoms with van der Waals surface area (Å²) in [6.07, 6.45) is 0. The predicted octanol–water partition coefficient (Wildman–Crippen LogP) is 0.323. The van der Waals surface area contributed by atoms with Crippen LogP contribution in [-0.2, 0) is 9.59 Å². The SMILES string of the molecule is CC(=O)NCC(=O)N1C[C@@H](CN)[C@H](c2ccccc2)C1. The van der Waals surface area contributed by atoms with Crippen LogP contribution in [0.3, 0.4) is 0 Å². The fourth-order valence-electron chi connectivity index (χ4n) is 2.70. The molecule has 5 heteroatoms. The van der Waals surface area contributed by atoms with Crippen LogP contribution in [-0.4, -0.2) is 42.9 Å². The first-order chi connectivity index (χ1) is 9.61. The molecule has 2 atom stereocenters. The van der Waals surface area contributed by atoms with Gasteiger partial charge in [0.1, 0.15) is 0 Å². The van der Waals surface area contributed by atoms with E-state index < -0.39 is 0 Å². The summed E-state index contributed by atoms with van der Waals surface area (Å²) in [6, 6.07) is 10.1. The maximum absolute atomic E-state index is 12.1. The largest absolute Gasteiger partial charge is 0.347 e. The highest BCUT2D eigenvalue weighted by Crippen LogP contribution is 2.31. The van der Waals surface area contributed by atoms with Crippen LogP contribution in [0.15, 0.2) is 30.3 Å². The Kier molecular flexibility index (Phi) is 4.74. The lowest BCUT2D eigenvalue weighted by atomic mass is 9.89. The minimum absolute atomic E-state index is 0.0444. The Hall–Kier alpha value is -1.88. The molecule has 1 aromatic carbocycles. The zero-order valence-corrected chi connectivity index (χ0v) is 11.7. The van der Waals surface area contributed by atoms with Gasteiger partial charge < -0.3 is 16.0 Å². The highest BCUT2D eigenvalue weighted by Gasteiger charge is 2.34. The third-order valence-electron chi connectivity index (χ3n) is 3.81. The molecule has 0 radical (unpaired) electrons. The second-order valence-electron chi connectivity index (χ2n) is 5.22. The molecule has 1 saturated heterocycles. The molecule has 1 fully saturated rings. The molecule has 0 saturated carbocycles. The number of benzene rings is 1. The number of nitrogens with one attached hydrogen (secondary N) is 1. The lowest BCUT2D eigenvalue weighted by Gasteiger charge is -2.17. The van der Waals surface area contributed by atoms with Crippen molar-refractivity contribution in [2.75, 3.05) is 26.2 Å². The van der Waals surface area contributed by atoms with Gasteiger partial charge in [0.15, 0.2) is 0 Å². The van der Waals surface area contributed by atoms with Gasteiger partial charge in [-0.15, -0.1) is 0 Å². The molecule has 0 aromatic heterocycles. The molecule has 108 valence electrons. The number of likely N-dealkylation sites (tertiary alicyclic amines) is 1. The number of carbonyl (C=O) groups excluding carboxylic acids is 2. The van der Waals surface area contributed by atoms with Gasteiger partial charge in [0.05, 0.1) is 6.54 Å². The first-order valence-electron chi connectivity index (χ1n) is 6.89. The van der Waals surface area contributed by atoms with Crippen LogP contribution in [0.1, 0.15) is 18.4 Å². The highest BCUT2D eigenvalue weighted by molar-refractivity contribution is 5.84. The monoisotopic (exact) mass is 275 g/mol. The summed E-state index contributed by atoms with van der Waals surface area (Å²) in [4.78, 5) is 24.7. The molecule has 20 heavy (non-hydrogen) atoms. The molecule has 3 N–H and O–H groups in total. The van der Waals surface area contributed by atoms with Crippen molar-refractivity contribution >= 4 is 11.8 Å². The van der Waals surface area contributed by atoms with Crippen LogP contribution in [0.2, 0.25) is 0 Å². The lowest BCUT2D eigenvalue weighted by molar-refractivity contribution is -0.131. The van der Waals surface area contributed by atoms with Gasteiger partial charge in [-0.05, 0) is 18.0 Å². The van der Waals surface area contributed by atoms with Crippen molar-refractivity contribution in [3.8, 4) is 0 Å². The molecule has 1 heterocycles. The van der Waals surface area contributed by atoms with Crippen molar-refractivity contribution in [3.63, 3.8) is 0 Å². The summed E-state index contributed by atoms with van der Waals surface area (Å²) in [5.41, 5.74) is 7.06. The lowest BCUT2D eigenvalue weighted by Crippen LogP contribution is -2.38. The zero-order valence-electron chi connectivity index (χ0n) is 11.7. The molecular weight excluding hydrogens is 254 g/mol. The summed E-state index contributed by atoms with van der Waals surface area (Å²) in [5, 5.41) is 2.55. The van der Waals surface area contributed by atoms with E-state index in [0.29, 0.717) is 19.6 Å². The first kappa shape index (κ1) is 14.5. The Morgan fingerprint density at radius 3 is 2.60 bits per heavy atom. The van der Waals surface area contributed by atoms with E-state index in [1.807, 2.05) is 18.2 Å². The van der Waals surface area contributed by atoms with E-state index in [1.165, 1.54) is 12.5 Å². The molecular formula is C15H21N3O2. The van der Waals surface area contributed by atoms with Crippen molar-refractivity contribution in [1.82, 2.24) is 10.2 Å². The number of rotatable bonds is 4. The molecule has 0 aliphatic carbocycles. The van der Waals surface area contributed by atoms with Gasteiger partial charge in [0, 0.05) is 25.9 Å². The zero-order chi connectivity index (χ0) is 14.5. The van der Waals surface area contributed by atoms with Crippen LogP contribution in [0.4, 0.5) is 0 Å². The van der Waals surface area contributed by atoms with E-state index in [-0.39, 0.29) is 30.2 Å². The second-order valence-corrected chi connectivity index (χ2v) is 5.22. The van der Waals surface area contributed by atoms with Crippen LogP contribution < -0.4 is 11.1 Å². The van der Waals surface area contributed by atoms with E-state index in [9.17, 15) is 9.59 Å². The fraction of sp³-hybridized carbons (Fsp3) is 0.467. The van der Waals surface area contributed by atoms with Crippen LogP contribution in [0.25, 0.3) is 0 Å². The van der Waals surface area contributed by atoms with Crippen molar-refractivity contribution in [1.29, 1.82) is 0 Å². The number of nitrogens with two attached hydrogens (primary N) is 1.